The number of hydrogen-bond donors (Lipinski definition) is 2. The quantitative estimate of drug-likeness (QED) is 0.549. The molecule has 2 N–H and O–H groups in total. The highest BCUT2D eigenvalue weighted by Gasteiger charge is 2.16. The molecule has 0 fully saturated rings. The zero-order chi connectivity index (χ0) is 21.7. The minimum Gasteiger partial charge on any atom is -0.483 e. The predicted octanol–water partition coefficient (Wildman–Crippen LogP) is 4.78. The van der Waals surface area contributed by atoms with Crippen LogP contribution in [0.3, 0.4) is 0 Å². The topological polar surface area (TPSA) is 84.5 Å². The van der Waals surface area contributed by atoms with Crippen molar-refractivity contribution >= 4 is 38.9 Å². The van der Waals surface area contributed by atoms with Crippen LogP contribution in [-0.2, 0) is 14.8 Å². The van der Waals surface area contributed by atoms with Gasteiger partial charge in [-0.2, -0.15) is 0 Å². The third-order valence-electron chi connectivity index (χ3n) is 4.25. The lowest BCUT2D eigenvalue weighted by Gasteiger charge is -2.12. The summed E-state index contributed by atoms with van der Waals surface area (Å²) in [5, 5.41) is 3.27. The van der Waals surface area contributed by atoms with Gasteiger partial charge in [-0.1, -0.05) is 29.3 Å². The van der Waals surface area contributed by atoms with Crippen LogP contribution in [0.25, 0.3) is 0 Å². The lowest BCUT2D eigenvalue weighted by Crippen LogP contribution is -2.20. The molecule has 6 nitrogen and oxygen atoms in total. The summed E-state index contributed by atoms with van der Waals surface area (Å²) in [7, 11) is -3.74. The van der Waals surface area contributed by atoms with Crippen molar-refractivity contribution in [3.63, 3.8) is 0 Å². The van der Waals surface area contributed by atoms with E-state index in [1.54, 1.807) is 43.3 Å². The molecule has 0 bridgehead atoms. The second-order valence-electron chi connectivity index (χ2n) is 6.74. The van der Waals surface area contributed by atoms with Crippen molar-refractivity contribution in [2.45, 2.75) is 18.7 Å². The molecule has 156 valence electrons. The van der Waals surface area contributed by atoms with E-state index in [0.717, 1.165) is 5.56 Å². The third-order valence-corrected chi connectivity index (χ3v) is 5.88. The number of carbonyl (C=O) groups excluding carboxylic acids is 1. The summed E-state index contributed by atoms with van der Waals surface area (Å²) < 4.78 is 33.3. The summed E-state index contributed by atoms with van der Waals surface area (Å²) >= 11 is 5.82. The number of benzene rings is 3. The van der Waals surface area contributed by atoms with Gasteiger partial charge in [0, 0.05) is 16.4 Å². The van der Waals surface area contributed by atoms with E-state index in [9.17, 15) is 13.2 Å². The van der Waals surface area contributed by atoms with Crippen LogP contribution >= 0.6 is 11.6 Å². The van der Waals surface area contributed by atoms with E-state index in [4.69, 9.17) is 16.3 Å². The van der Waals surface area contributed by atoms with Crippen molar-refractivity contribution in [2.24, 2.45) is 0 Å². The lowest BCUT2D eigenvalue weighted by atomic mass is 10.2. The number of nitrogens with one attached hydrogen (secondary N) is 2. The van der Waals surface area contributed by atoms with Crippen LogP contribution in [0.1, 0.15) is 11.1 Å². The summed E-state index contributed by atoms with van der Waals surface area (Å²) in [5.74, 6) is 0.0880. The van der Waals surface area contributed by atoms with Crippen LogP contribution < -0.4 is 14.8 Å². The largest absolute Gasteiger partial charge is 0.483 e. The average molecular weight is 445 g/mol. The molecule has 0 heterocycles. The summed E-state index contributed by atoms with van der Waals surface area (Å²) in [6, 6.07) is 18.3. The number of amides is 1. The number of carbonyl (C=O) groups is 1. The molecular weight excluding hydrogens is 424 g/mol. The van der Waals surface area contributed by atoms with Gasteiger partial charge in [-0.05, 0) is 74.0 Å². The van der Waals surface area contributed by atoms with Gasteiger partial charge in [0.1, 0.15) is 5.75 Å². The predicted molar refractivity (Wildman–Crippen MR) is 119 cm³/mol. The van der Waals surface area contributed by atoms with Gasteiger partial charge >= 0.3 is 0 Å². The third kappa shape index (κ3) is 5.75. The Labute approximate surface area is 180 Å². The van der Waals surface area contributed by atoms with Crippen LogP contribution in [0.4, 0.5) is 11.4 Å². The number of ether oxygens (including phenoxy) is 1. The number of halogens is 1. The minimum absolute atomic E-state index is 0.110. The Balaban J connectivity index is 1.63. The number of hydrogen-bond acceptors (Lipinski definition) is 4. The van der Waals surface area contributed by atoms with Gasteiger partial charge in [0.15, 0.2) is 6.61 Å². The highest BCUT2D eigenvalue weighted by Crippen LogP contribution is 2.24. The Kier molecular flexibility index (Phi) is 6.64. The molecule has 0 aliphatic rings. The van der Waals surface area contributed by atoms with E-state index in [1.807, 2.05) is 19.1 Å². The minimum atomic E-state index is -3.74. The monoisotopic (exact) mass is 444 g/mol. The summed E-state index contributed by atoms with van der Waals surface area (Å²) in [6.45, 7) is 3.44. The van der Waals surface area contributed by atoms with E-state index in [1.165, 1.54) is 18.2 Å². The Bertz CT molecular complexity index is 1140. The molecular formula is C22H21ClN2O4S. The molecule has 0 aliphatic carbocycles. The average Bonchev–Trinajstić information content (AvgIpc) is 2.70. The highest BCUT2D eigenvalue weighted by molar-refractivity contribution is 7.92. The van der Waals surface area contributed by atoms with Gasteiger partial charge in [-0.25, -0.2) is 8.42 Å². The molecule has 0 unspecified atom stereocenters. The maximum absolute atomic E-state index is 12.6. The van der Waals surface area contributed by atoms with E-state index >= 15 is 0 Å². The molecule has 0 saturated carbocycles. The van der Waals surface area contributed by atoms with Gasteiger partial charge in [0.05, 0.1) is 4.90 Å². The number of anilines is 2. The maximum Gasteiger partial charge on any atom is 0.262 e. The van der Waals surface area contributed by atoms with Crippen LogP contribution in [0.5, 0.6) is 5.75 Å². The van der Waals surface area contributed by atoms with Gasteiger partial charge < -0.3 is 10.1 Å². The Morgan fingerprint density at radius 1 is 0.933 bits per heavy atom. The first-order chi connectivity index (χ1) is 14.2. The van der Waals surface area contributed by atoms with Gasteiger partial charge in [0.2, 0.25) is 0 Å². The molecule has 30 heavy (non-hydrogen) atoms. The van der Waals surface area contributed by atoms with Crippen LogP contribution in [-0.4, -0.2) is 20.9 Å². The molecule has 1 amide bonds. The first-order valence-electron chi connectivity index (χ1n) is 9.11. The fourth-order valence-corrected chi connectivity index (χ4v) is 3.93. The van der Waals surface area contributed by atoms with E-state index in [-0.39, 0.29) is 17.4 Å². The van der Waals surface area contributed by atoms with Crippen LogP contribution in [0, 0.1) is 13.8 Å². The normalized spacial score (nSPS) is 11.0. The van der Waals surface area contributed by atoms with Gasteiger partial charge in [-0.3, -0.25) is 9.52 Å². The van der Waals surface area contributed by atoms with Crippen molar-refractivity contribution in [1.29, 1.82) is 0 Å². The Morgan fingerprint density at radius 2 is 1.57 bits per heavy atom. The fraction of sp³-hybridized carbons (Fsp3) is 0.136. The van der Waals surface area contributed by atoms with E-state index in [0.29, 0.717) is 27.7 Å². The van der Waals surface area contributed by atoms with Gasteiger partial charge in [-0.15, -0.1) is 0 Å². The molecule has 3 rings (SSSR count). The number of rotatable bonds is 7. The van der Waals surface area contributed by atoms with Crippen molar-refractivity contribution in [1.82, 2.24) is 0 Å². The first-order valence-corrected chi connectivity index (χ1v) is 11.0. The molecule has 0 atom stereocenters. The van der Waals surface area contributed by atoms with E-state index < -0.39 is 10.0 Å². The molecule has 0 aliphatic heterocycles. The standard InChI is InChI=1S/C22H21ClN2O4S/c1-15-3-7-19(8-4-15)25-30(27,28)20-11-12-21(16(2)13-20)29-14-22(26)24-18-9-5-17(23)6-10-18/h3-13,25H,14H2,1-2H3,(H,24,26). The second kappa shape index (κ2) is 9.19. The van der Waals surface area contributed by atoms with E-state index in [2.05, 4.69) is 10.0 Å². The van der Waals surface area contributed by atoms with Crippen molar-refractivity contribution < 1.29 is 17.9 Å². The molecule has 3 aromatic rings. The molecule has 3 aromatic carbocycles. The van der Waals surface area contributed by atoms with Crippen molar-refractivity contribution in [3.8, 4) is 5.75 Å². The second-order valence-corrected chi connectivity index (χ2v) is 8.86. The van der Waals surface area contributed by atoms with Crippen molar-refractivity contribution in [2.75, 3.05) is 16.6 Å². The van der Waals surface area contributed by atoms with Gasteiger partial charge in [0.25, 0.3) is 15.9 Å². The lowest BCUT2D eigenvalue weighted by molar-refractivity contribution is -0.118. The molecule has 0 aromatic heterocycles. The zero-order valence-corrected chi connectivity index (χ0v) is 18.0. The van der Waals surface area contributed by atoms with Crippen LogP contribution in [0.15, 0.2) is 71.6 Å². The van der Waals surface area contributed by atoms with Crippen molar-refractivity contribution in [3.05, 3.63) is 82.9 Å². The Morgan fingerprint density at radius 3 is 2.20 bits per heavy atom. The molecule has 8 heteroatoms. The smallest absolute Gasteiger partial charge is 0.262 e. The summed E-state index contributed by atoms with van der Waals surface area (Å²) in [6.07, 6.45) is 0. The first kappa shape index (κ1) is 21.7. The molecule has 0 saturated heterocycles. The zero-order valence-electron chi connectivity index (χ0n) is 16.5. The highest BCUT2D eigenvalue weighted by atomic mass is 35.5. The summed E-state index contributed by atoms with van der Waals surface area (Å²) in [4.78, 5) is 12.2. The molecule has 0 spiro atoms. The number of aryl methyl sites for hydroxylation is 2. The SMILES string of the molecule is Cc1ccc(NS(=O)(=O)c2ccc(OCC(=O)Nc3ccc(Cl)cc3)c(C)c2)cc1. The van der Waals surface area contributed by atoms with Crippen LogP contribution in [0.2, 0.25) is 5.02 Å². The fourth-order valence-electron chi connectivity index (χ4n) is 2.66. The molecule has 0 radical (unpaired) electrons. The summed E-state index contributed by atoms with van der Waals surface area (Å²) in [5.41, 5.74) is 2.72. The maximum atomic E-state index is 12.6. The number of sulfonamides is 1. The Hall–Kier alpha value is -3.03.